The second kappa shape index (κ2) is 14.9. The Morgan fingerprint density at radius 2 is 1.75 bits per heavy atom. The van der Waals surface area contributed by atoms with E-state index in [1.807, 2.05) is 26.0 Å². The summed E-state index contributed by atoms with van der Waals surface area (Å²) >= 11 is 11.7. The zero-order chi connectivity index (χ0) is 30.2. The summed E-state index contributed by atoms with van der Waals surface area (Å²) in [5.41, 5.74) is 3.21. The number of halogens is 2. The molecule has 1 aliphatic carbocycles. The van der Waals surface area contributed by atoms with Gasteiger partial charge in [0, 0.05) is 31.8 Å². The van der Waals surface area contributed by atoms with E-state index >= 15 is 0 Å². The van der Waals surface area contributed by atoms with E-state index in [1.165, 1.54) is 12.1 Å². The number of carbonyl (C=O) groups is 4. The van der Waals surface area contributed by atoms with Crippen LogP contribution >= 0.6 is 23.2 Å². The molecule has 218 valence electrons. The second-order valence-corrected chi connectivity index (χ2v) is 12.3. The number of carbonyl (C=O) groups excluding carboxylic acids is 4. The molecule has 1 fully saturated rings. The van der Waals surface area contributed by atoms with E-state index in [9.17, 15) is 27.6 Å². The molecule has 0 saturated heterocycles. The standard InChI is InChI=1S/C15H22ClNO2.C14H13ClO5S/c1-5-13-8-6-7-11(2)15(13)17(14(18)9-16)12(3)10-19-4;1-21(19,20)8-5-6-9(10(15)7-8)14(18)13-11(16)3-2-4-12(13)17/h6-8,12H,5,9-10H2,1-4H3;5-7,13H,2-4H2,1H3/t12-;/m0./s1. The first-order valence-electron chi connectivity index (χ1n) is 12.8. The van der Waals surface area contributed by atoms with Gasteiger partial charge >= 0.3 is 0 Å². The molecule has 0 heterocycles. The smallest absolute Gasteiger partial charge is 0.242 e. The highest BCUT2D eigenvalue weighted by Gasteiger charge is 2.37. The number of ketones is 3. The van der Waals surface area contributed by atoms with Gasteiger partial charge in [0.2, 0.25) is 5.91 Å². The third-order valence-corrected chi connectivity index (χ3v) is 8.21. The van der Waals surface area contributed by atoms with Gasteiger partial charge in [-0.3, -0.25) is 19.2 Å². The predicted octanol–water partition coefficient (Wildman–Crippen LogP) is 5.03. The molecular formula is C29H35Cl2NO7S. The van der Waals surface area contributed by atoms with Gasteiger partial charge in [0.1, 0.15) is 11.8 Å². The molecule has 2 aromatic carbocycles. The van der Waals surface area contributed by atoms with E-state index in [2.05, 4.69) is 13.0 Å². The van der Waals surface area contributed by atoms with Crippen molar-refractivity contribution in [1.82, 2.24) is 0 Å². The van der Waals surface area contributed by atoms with Crippen LogP contribution in [0.1, 0.15) is 54.6 Å². The SMILES string of the molecule is CCc1cccc(C)c1N(C(=O)CCl)[C@@H](C)COC.CS(=O)(=O)c1ccc(C(=O)C2C(=O)CCCC2=O)c(Cl)c1. The summed E-state index contributed by atoms with van der Waals surface area (Å²) in [5.74, 6) is -2.88. The molecule has 1 aliphatic rings. The molecule has 0 unspecified atom stereocenters. The fourth-order valence-electron chi connectivity index (χ4n) is 4.60. The summed E-state index contributed by atoms with van der Waals surface area (Å²) < 4.78 is 28.0. The van der Waals surface area contributed by atoms with Crippen LogP contribution in [-0.4, -0.2) is 63.6 Å². The fraction of sp³-hybridized carbons (Fsp3) is 0.448. The van der Waals surface area contributed by atoms with Gasteiger partial charge in [-0.05, 0) is 56.0 Å². The Labute approximate surface area is 245 Å². The Balaban J connectivity index is 0.000000282. The molecule has 11 heteroatoms. The van der Waals surface area contributed by atoms with Gasteiger partial charge < -0.3 is 9.64 Å². The van der Waals surface area contributed by atoms with E-state index in [0.29, 0.717) is 13.0 Å². The number of rotatable bonds is 9. The maximum Gasteiger partial charge on any atom is 0.242 e. The summed E-state index contributed by atoms with van der Waals surface area (Å²) in [7, 11) is -1.81. The van der Waals surface area contributed by atoms with Crippen molar-refractivity contribution in [2.45, 2.75) is 57.4 Å². The lowest BCUT2D eigenvalue weighted by atomic mass is 9.82. The highest BCUT2D eigenvalue weighted by Crippen LogP contribution is 2.29. The second-order valence-electron chi connectivity index (χ2n) is 9.64. The van der Waals surface area contributed by atoms with Gasteiger partial charge in [0.15, 0.2) is 27.2 Å². The number of anilines is 1. The minimum absolute atomic E-state index is 0.00216. The maximum absolute atomic E-state index is 12.3. The zero-order valence-electron chi connectivity index (χ0n) is 23.3. The lowest BCUT2D eigenvalue weighted by Gasteiger charge is -2.31. The average molecular weight is 613 g/mol. The highest BCUT2D eigenvalue weighted by molar-refractivity contribution is 7.90. The van der Waals surface area contributed by atoms with Crippen LogP contribution in [0.4, 0.5) is 5.69 Å². The summed E-state index contributed by atoms with van der Waals surface area (Å²) in [6.07, 6.45) is 2.75. The Morgan fingerprint density at radius 3 is 2.25 bits per heavy atom. The number of para-hydroxylation sites is 1. The number of methoxy groups -OCH3 is 1. The van der Waals surface area contributed by atoms with Crippen molar-refractivity contribution < 1.29 is 32.3 Å². The molecule has 3 rings (SSSR count). The number of benzene rings is 2. The number of alkyl halides is 1. The van der Waals surface area contributed by atoms with Gasteiger partial charge in [-0.1, -0.05) is 36.7 Å². The Morgan fingerprint density at radius 1 is 1.12 bits per heavy atom. The molecule has 0 aliphatic heterocycles. The van der Waals surface area contributed by atoms with Crippen LogP contribution in [0.3, 0.4) is 0 Å². The van der Waals surface area contributed by atoms with Crippen molar-refractivity contribution >= 4 is 62.0 Å². The zero-order valence-corrected chi connectivity index (χ0v) is 25.7. The molecule has 1 saturated carbocycles. The Kier molecular flexibility index (Phi) is 12.5. The molecule has 0 aromatic heterocycles. The Bertz CT molecular complexity index is 1360. The number of nitrogens with zero attached hydrogens (tertiary/aromatic N) is 1. The molecule has 1 atom stereocenters. The quantitative estimate of drug-likeness (QED) is 0.222. The highest BCUT2D eigenvalue weighted by atomic mass is 35.5. The van der Waals surface area contributed by atoms with Crippen molar-refractivity contribution in [3.05, 3.63) is 58.1 Å². The van der Waals surface area contributed by atoms with Crippen molar-refractivity contribution in [3.63, 3.8) is 0 Å². The third kappa shape index (κ3) is 8.22. The van der Waals surface area contributed by atoms with Gasteiger partial charge in [-0.15, -0.1) is 11.6 Å². The summed E-state index contributed by atoms with van der Waals surface area (Å²) in [4.78, 5) is 49.8. The van der Waals surface area contributed by atoms with Crippen LogP contribution in [-0.2, 0) is 35.4 Å². The molecule has 0 radical (unpaired) electrons. The number of ether oxygens (including phenoxy) is 1. The number of aryl methyl sites for hydroxylation is 2. The van der Waals surface area contributed by atoms with Crippen molar-refractivity contribution in [2.75, 3.05) is 30.8 Å². The van der Waals surface area contributed by atoms with Crippen molar-refractivity contribution in [3.8, 4) is 0 Å². The first-order chi connectivity index (χ1) is 18.8. The number of Topliss-reactive ketones (excluding diaryl/α,β-unsaturated/α-hetero) is 3. The topological polar surface area (TPSA) is 115 Å². The molecule has 0 bridgehead atoms. The molecule has 2 aromatic rings. The first kappa shape index (κ1) is 33.6. The van der Waals surface area contributed by atoms with Gasteiger partial charge in [0.25, 0.3) is 0 Å². The number of sulfone groups is 1. The van der Waals surface area contributed by atoms with Crippen LogP contribution in [0.25, 0.3) is 0 Å². The van der Waals surface area contributed by atoms with Crippen molar-refractivity contribution in [1.29, 1.82) is 0 Å². The third-order valence-electron chi connectivity index (χ3n) is 6.56. The lowest BCUT2D eigenvalue weighted by molar-refractivity contribution is -0.133. The minimum atomic E-state index is -3.44. The largest absolute Gasteiger partial charge is 0.383 e. The number of hydrogen-bond donors (Lipinski definition) is 0. The Hall–Kier alpha value is -2.59. The molecule has 8 nitrogen and oxygen atoms in total. The molecule has 40 heavy (non-hydrogen) atoms. The fourth-order valence-corrected chi connectivity index (χ4v) is 5.71. The average Bonchev–Trinajstić information content (AvgIpc) is 2.89. The summed E-state index contributed by atoms with van der Waals surface area (Å²) in [6.45, 7) is 6.56. The number of hydrogen-bond acceptors (Lipinski definition) is 7. The predicted molar refractivity (Wildman–Crippen MR) is 156 cm³/mol. The van der Waals surface area contributed by atoms with Gasteiger partial charge in [-0.2, -0.15) is 0 Å². The summed E-state index contributed by atoms with van der Waals surface area (Å²) in [5, 5.41) is -0.0749. The van der Waals surface area contributed by atoms with Crippen molar-refractivity contribution in [2.24, 2.45) is 5.92 Å². The first-order valence-corrected chi connectivity index (χ1v) is 15.6. The molecule has 1 amide bonds. The van der Waals surface area contributed by atoms with Crippen LogP contribution < -0.4 is 4.90 Å². The molecule has 0 spiro atoms. The van der Waals surface area contributed by atoms with E-state index in [1.54, 1.807) is 12.0 Å². The summed E-state index contributed by atoms with van der Waals surface area (Å²) in [6, 6.07) is 9.69. The van der Waals surface area contributed by atoms with E-state index < -0.39 is 33.1 Å². The minimum Gasteiger partial charge on any atom is -0.383 e. The van der Waals surface area contributed by atoms with E-state index in [0.717, 1.165) is 35.6 Å². The lowest BCUT2D eigenvalue weighted by Crippen LogP contribution is -2.43. The van der Waals surface area contributed by atoms with Crippen LogP contribution in [0, 0.1) is 12.8 Å². The van der Waals surface area contributed by atoms with Crippen LogP contribution in [0.15, 0.2) is 41.3 Å². The van der Waals surface area contributed by atoms with E-state index in [-0.39, 0.29) is 46.2 Å². The molecular weight excluding hydrogens is 577 g/mol. The van der Waals surface area contributed by atoms with E-state index in [4.69, 9.17) is 27.9 Å². The van der Waals surface area contributed by atoms with Gasteiger partial charge in [0.05, 0.1) is 28.3 Å². The number of amides is 1. The van der Waals surface area contributed by atoms with Crippen LogP contribution in [0.5, 0.6) is 0 Å². The van der Waals surface area contributed by atoms with Gasteiger partial charge in [-0.25, -0.2) is 8.42 Å². The normalized spacial score (nSPS) is 14.8. The monoisotopic (exact) mass is 611 g/mol. The van der Waals surface area contributed by atoms with Crippen LogP contribution in [0.2, 0.25) is 5.02 Å². The maximum atomic E-state index is 12.3. The molecule has 0 N–H and O–H groups in total.